The number of hydrogen-bond acceptors (Lipinski definition) is 4. The van der Waals surface area contributed by atoms with Crippen LogP contribution in [-0.2, 0) is 16.6 Å². The molecule has 1 heterocycles. The van der Waals surface area contributed by atoms with Gasteiger partial charge in [-0.15, -0.1) is 0 Å². The maximum Gasteiger partial charge on any atom is 0.255 e. The van der Waals surface area contributed by atoms with E-state index in [4.69, 9.17) is 0 Å². The van der Waals surface area contributed by atoms with Crippen LogP contribution >= 0.6 is 0 Å². The van der Waals surface area contributed by atoms with Crippen LogP contribution in [0.1, 0.15) is 27.0 Å². The Labute approximate surface area is 167 Å². The second kappa shape index (κ2) is 8.43. The predicted molar refractivity (Wildman–Crippen MR) is 112 cm³/mol. The lowest BCUT2D eigenvalue weighted by Gasteiger charge is -2.33. The van der Waals surface area contributed by atoms with Crippen molar-refractivity contribution < 1.29 is 13.2 Å². The molecule has 1 aliphatic heterocycles. The Balaban J connectivity index is 1.65. The second-order valence-corrected chi connectivity index (χ2v) is 9.34. The van der Waals surface area contributed by atoms with Crippen molar-refractivity contribution in [2.75, 3.05) is 37.8 Å². The van der Waals surface area contributed by atoms with E-state index in [0.29, 0.717) is 38.3 Å². The van der Waals surface area contributed by atoms with Crippen molar-refractivity contribution in [3.05, 3.63) is 64.7 Å². The molecule has 7 heteroatoms. The summed E-state index contributed by atoms with van der Waals surface area (Å²) in [7, 11) is -3.12. The highest BCUT2D eigenvalue weighted by molar-refractivity contribution is 7.88. The van der Waals surface area contributed by atoms with Crippen LogP contribution < -0.4 is 5.32 Å². The number of carbonyl (C=O) groups excluding carboxylic acids is 1. The van der Waals surface area contributed by atoms with E-state index in [1.165, 1.54) is 10.6 Å². The summed E-state index contributed by atoms with van der Waals surface area (Å²) >= 11 is 0. The molecule has 0 atom stereocenters. The molecule has 0 aromatic heterocycles. The molecule has 0 unspecified atom stereocenters. The molecule has 28 heavy (non-hydrogen) atoms. The summed E-state index contributed by atoms with van der Waals surface area (Å²) in [6.07, 6.45) is 1.25. The number of para-hydroxylation sites is 1. The van der Waals surface area contributed by atoms with E-state index >= 15 is 0 Å². The number of benzene rings is 2. The predicted octanol–water partition coefficient (Wildman–Crippen LogP) is 2.63. The minimum atomic E-state index is -3.12. The molecule has 0 radical (unpaired) electrons. The molecule has 1 N–H and O–H groups in total. The number of carbonyl (C=O) groups is 1. The quantitative estimate of drug-likeness (QED) is 0.836. The van der Waals surface area contributed by atoms with E-state index in [9.17, 15) is 13.2 Å². The van der Waals surface area contributed by atoms with Gasteiger partial charge in [0.25, 0.3) is 5.91 Å². The Hall–Kier alpha value is -2.22. The average Bonchev–Trinajstić information content (AvgIpc) is 2.64. The van der Waals surface area contributed by atoms with Crippen LogP contribution in [0.25, 0.3) is 0 Å². The molecule has 0 spiro atoms. The normalized spacial score (nSPS) is 16.1. The summed E-state index contributed by atoms with van der Waals surface area (Å²) in [4.78, 5) is 14.9. The van der Waals surface area contributed by atoms with E-state index in [0.717, 1.165) is 22.4 Å². The maximum absolute atomic E-state index is 12.7. The van der Waals surface area contributed by atoms with Gasteiger partial charge in [0, 0.05) is 44.0 Å². The first-order valence-corrected chi connectivity index (χ1v) is 11.2. The number of amides is 1. The molecular formula is C21H27N3O3S. The smallest absolute Gasteiger partial charge is 0.255 e. The summed E-state index contributed by atoms with van der Waals surface area (Å²) < 4.78 is 24.8. The van der Waals surface area contributed by atoms with E-state index in [1.54, 1.807) is 0 Å². The lowest BCUT2D eigenvalue weighted by molar-refractivity contribution is 0.102. The van der Waals surface area contributed by atoms with Gasteiger partial charge in [0.1, 0.15) is 0 Å². The zero-order valence-electron chi connectivity index (χ0n) is 16.6. The number of anilines is 1. The Morgan fingerprint density at radius 1 is 1.00 bits per heavy atom. The van der Waals surface area contributed by atoms with Gasteiger partial charge in [-0.05, 0) is 42.7 Å². The van der Waals surface area contributed by atoms with Crippen molar-refractivity contribution in [1.82, 2.24) is 9.21 Å². The summed E-state index contributed by atoms with van der Waals surface area (Å²) in [5, 5.41) is 3.02. The maximum atomic E-state index is 12.7. The van der Waals surface area contributed by atoms with Crippen LogP contribution in [0.5, 0.6) is 0 Å². The van der Waals surface area contributed by atoms with E-state index in [-0.39, 0.29) is 5.91 Å². The Morgan fingerprint density at radius 2 is 1.61 bits per heavy atom. The monoisotopic (exact) mass is 401 g/mol. The topological polar surface area (TPSA) is 69.7 Å². The average molecular weight is 402 g/mol. The second-order valence-electron chi connectivity index (χ2n) is 7.36. The van der Waals surface area contributed by atoms with Gasteiger partial charge in [-0.25, -0.2) is 8.42 Å². The van der Waals surface area contributed by atoms with Gasteiger partial charge in [-0.2, -0.15) is 4.31 Å². The van der Waals surface area contributed by atoms with Gasteiger partial charge >= 0.3 is 0 Å². The van der Waals surface area contributed by atoms with Crippen LogP contribution in [0.3, 0.4) is 0 Å². The lowest BCUT2D eigenvalue weighted by atomic mass is 10.1. The molecule has 2 aromatic rings. The molecule has 1 amide bonds. The Morgan fingerprint density at radius 3 is 2.21 bits per heavy atom. The molecule has 2 aromatic carbocycles. The van der Waals surface area contributed by atoms with Crippen molar-refractivity contribution >= 4 is 21.6 Å². The minimum absolute atomic E-state index is 0.124. The molecule has 0 aliphatic carbocycles. The van der Waals surface area contributed by atoms with Gasteiger partial charge in [0.15, 0.2) is 0 Å². The van der Waals surface area contributed by atoms with Gasteiger partial charge < -0.3 is 5.32 Å². The van der Waals surface area contributed by atoms with Gasteiger partial charge in [-0.3, -0.25) is 9.69 Å². The Bertz CT molecular complexity index is 944. The highest BCUT2D eigenvalue weighted by Crippen LogP contribution is 2.21. The third-order valence-electron chi connectivity index (χ3n) is 5.12. The molecule has 6 nitrogen and oxygen atoms in total. The zero-order chi connectivity index (χ0) is 20.3. The van der Waals surface area contributed by atoms with Crippen molar-refractivity contribution in [3.8, 4) is 0 Å². The fraction of sp³-hybridized carbons (Fsp3) is 0.381. The van der Waals surface area contributed by atoms with E-state index in [2.05, 4.69) is 10.2 Å². The SMILES string of the molecule is Cc1cccc(C)c1NC(=O)c1cccc(CN2CCN(S(C)(=O)=O)CC2)c1. The van der Waals surface area contributed by atoms with Crippen molar-refractivity contribution in [1.29, 1.82) is 0 Å². The largest absolute Gasteiger partial charge is 0.322 e. The van der Waals surface area contributed by atoms with Crippen molar-refractivity contribution in [2.24, 2.45) is 0 Å². The number of nitrogens with one attached hydrogen (secondary N) is 1. The number of sulfonamides is 1. The molecule has 1 saturated heterocycles. The van der Waals surface area contributed by atoms with Crippen LogP contribution in [-0.4, -0.2) is 56.0 Å². The number of hydrogen-bond donors (Lipinski definition) is 1. The summed E-state index contributed by atoms with van der Waals surface area (Å²) in [5.74, 6) is -0.124. The fourth-order valence-corrected chi connectivity index (χ4v) is 4.31. The fourth-order valence-electron chi connectivity index (χ4n) is 3.49. The molecule has 150 valence electrons. The van der Waals surface area contributed by atoms with Crippen LogP contribution in [0.15, 0.2) is 42.5 Å². The lowest BCUT2D eigenvalue weighted by Crippen LogP contribution is -2.47. The van der Waals surface area contributed by atoms with Crippen LogP contribution in [0.2, 0.25) is 0 Å². The molecule has 1 aliphatic rings. The third-order valence-corrected chi connectivity index (χ3v) is 6.42. The molecular weight excluding hydrogens is 374 g/mol. The van der Waals surface area contributed by atoms with Gasteiger partial charge in [0.05, 0.1) is 6.26 Å². The molecule has 0 bridgehead atoms. The van der Waals surface area contributed by atoms with Crippen molar-refractivity contribution in [2.45, 2.75) is 20.4 Å². The highest BCUT2D eigenvalue weighted by Gasteiger charge is 2.23. The first-order valence-electron chi connectivity index (χ1n) is 9.38. The third kappa shape index (κ3) is 4.98. The zero-order valence-corrected chi connectivity index (χ0v) is 17.4. The van der Waals surface area contributed by atoms with Gasteiger partial charge in [0.2, 0.25) is 10.0 Å². The number of nitrogens with zero attached hydrogens (tertiary/aromatic N) is 2. The van der Waals surface area contributed by atoms with E-state index < -0.39 is 10.0 Å². The number of aryl methyl sites for hydroxylation is 2. The number of rotatable bonds is 5. The van der Waals surface area contributed by atoms with E-state index in [1.807, 2.05) is 56.3 Å². The minimum Gasteiger partial charge on any atom is -0.322 e. The first-order chi connectivity index (χ1) is 13.2. The summed E-state index contributed by atoms with van der Waals surface area (Å²) in [6, 6.07) is 13.6. The number of piperazine rings is 1. The van der Waals surface area contributed by atoms with Gasteiger partial charge in [-0.1, -0.05) is 30.3 Å². The summed E-state index contributed by atoms with van der Waals surface area (Å²) in [6.45, 7) is 7.04. The van der Waals surface area contributed by atoms with Crippen LogP contribution in [0, 0.1) is 13.8 Å². The summed E-state index contributed by atoms with van der Waals surface area (Å²) in [5.41, 5.74) is 4.59. The molecule has 1 fully saturated rings. The van der Waals surface area contributed by atoms with Crippen molar-refractivity contribution in [3.63, 3.8) is 0 Å². The molecule has 0 saturated carbocycles. The highest BCUT2D eigenvalue weighted by atomic mass is 32.2. The first kappa shape index (κ1) is 20.5. The standard InChI is InChI=1S/C21H27N3O3S/c1-16-6-4-7-17(2)20(16)22-21(25)19-9-5-8-18(14-19)15-23-10-12-24(13-11-23)28(3,26)27/h4-9,14H,10-13,15H2,1-3H3,(H,22,25). The van der Waals surface area contributed by atoms with Crippen LogP contribution in [0.4, 0.5) is 5.69 Å². The molecule has 3 rings (SSSR count). The Kier molecular flexibility index (Phi) is 6.17.